The van der Waals surface area contributed by atoms with Gasteiger partial charge in [-0.15, -0.1) is 6.58 Å². The predicted molar refractivity (Wildman–Crippen MR) is 153 cm³/mol. The maximum absolute atomic E-state index is 14.4. The Morgan fingerprint density at radius 1 is 0.929 bits per heavy atom. The second-order valence-electron chi connectivity index (χ2n) is 10.6. The number of amides is 2. The summed E-state index contributed by atoms with van der Waals surface area (Å²) in [5, 5.41) is 0. The Bertz CT molecular complexity index is 1470. The van der Waals surface area contributed by atoms with Gasteiger partial charge in [-0.25, -0.2) is 9.69 Å². The number of benzene rings is 3. The Morgan fingerprint density at radius 3 is 2.48 bits per heavy atom. The third-order valence-electron chi connectivity index (χ3n) is 8.17. The van der Waals surface area contributed by atoms with Crippen LogP contribution < -0.4 is 18.9 Å². The van der Waals surface area contributed by atoms with Gasteiger partial charge in [0.05, 0.1) is 38.4 Å². The van der Waals surface area contributed by atoms with Crippen LogP contribution >= 0.6 is 0 Å². The molecule has 5 atom stereocenters. The predicted octanol–water partition coefficient (Wildman–Crippen LogP) is 5.12. The maximum Gasteiger partial charge on any atom is 0.416 e. The number of rotatable bonds is 9. The van der Waals surface area contributed by atoms with E-state index in [-0.39, 0.29) is 19.3 Å². The van der Waals surface area contributed by atoms with E-state index in [2.05, 4.69) is 6.58 Å². The molecule has 0 spiro atoms. The first-order valence-electron chi connectivity index (χ1n) is 13.9. The van der Waals surface area contributed by atoms with Crippen LogP contribution in [0.4, 0.5) is 4.79 Å². The highest BCUT2D eigenvalue weighted by atomic mass is 16.7. The number of methoxy groups -OCH3 is 2. The molecule has 2 amide bonds. The van der Waals surface area contributed by atoms with E-state index in [0.29, 0.717) is 35.8 Å². The average Bonchev–Trinajstić information content (AvgIpc) is 3.73. The van der Waals surface area contributed by atoms with E-state index in [1.807, 2.05) is 60.7 Å². The molecule has 218 valence electrons. The number of hydrogen-bond donors (Lipinski definition) is 0. The quantitative estimate of drug-likeness (QED) is 0.327. The Morgan fingerprint density at radius 2 is 1.71 bits per heavy atom. The van der Waals surface area contributed by atoms with Gasteiger partial charge >= 0.3 is 6.09 Å². The summed E-state index contributed by atoms with van der Waals surface area (Å²) in [7, 11) is 3.13. The number of imide groups is 1. The van der Waals surface area contributed by atoms with Gasteiger partial charge in [0.1, 0.15) is 6.61 Å². The maximum atomic E-state index is 14.4. The third-order valence-corrected chi connectivity index (χ3v) is 8.17. The highest BCUT2D eigenvalue weighted by Gasteiger charge is 2.52. The minimum Gasteiger partial charge on any atom is -0.493 e. The van der Waals surface area contributed by atoms with Crippen LogP contribution in [-0.4, -0.2) is 56.7 Å². The molecule has 0 N–H and O–H groups in total. The van der Waals surface area contributed by atoms with E-state index in [1.54, 1.807) is 26.4 Å². The van der Waals surface area contributed by atoms with Crippen molar-refractivity contribution in [1.29, 1.82) is 0 Å². The third kappa shape index (κ3) is 5.16. The van der Waals surface area contributed by atoms with Gasteiger partial charge in [0.2, 0.25) is 12.7 Å². The molecule has 0 radical (unpaired) electrons. The molecule has 0 saturated carbocycles. The van der Waals surface area contributed by atoms with E-state index in [0.717, 1.165) is 16.7 Å². The van der Waals surface area contributed by atoms with Crippen LogP contribution in [0.15, 0.2) is 79.4 Å². The summed E-state index contributed by atoms with van der Waals surface area (Å²) in [5.41, 5.74) is 2.72. The first-order chi connectivity index (χ1) is 20.5. The molecule has 3 heterocycles. The molecule has 9 nitrogen and oxygen atoms in total. The largest absolute Gasteiger partial charge is 0.493 e. The summed E-state index contributed by atoms with van der Waals surface area (Å²) >= 11 is 0. The summed E-state index contributed by atoms with van der Waals surface area (Å²) in [5.74, 6) is 0.964. The summed E-state index contributed by atoms with van der Waals surface area (Å²) < 4.78 is 34.1. The summed E-state index contributed by atoms with van der Waals surface area (Å²) in [6.45, 7) is 4.41. The van der Waals surface area contributed by atoms with Crippen molar-refractivity contribution in [3.8, 4) is 23.0 Å². The van der Waals surface area contributed by atoms with E-state index < -0.39 is 36.2 Å². The van der Waals surface area contributed by atoms with E-state index in [4.69, 9.17) is 28.4 Å². The summed E-state index contributed by atoms with van der Waals surface area (Å²) in [6.07, 6.45) is 1.03. The van der Waals surface area contributed by atoms with Gasteiger partial charge in [-0.3, -0.25) is 4.79 Å². The smallest absolute Gasteiger partial charge is 0.416 e. The molecule has 2 fully saturated rings. The number of fused-ring (bicyclic) bond motifs is 1. The second kappa shape index (κ2) is 11.8. The van der Waals surface area contributed by atoms with Crippen LogP contribution in [0.5, 0.6) is 23.0 Å². The number of cyclic esters (lactones) is 1. The van der Waals surface area contributed by atoms with Gasteiger partial charge < -0.3 is 28.4 Å². The lowest BCUT2D eigenvalue weighted by Crippen LogP contribution is -2.46. The first-order valence-corrected chi connectivity index (χ1v) is 13.9. The van der Waals surface area contributed by atoms with Crippen LogP contribution in [0.2, 0.25) is 0 Å². The lowest BCUT2D eigenvalue weighted by Gasteiger charge is -2.28. The van der Waals surface area contributed by atoms with Gasteiger partial charge in [-0.2, -0.15) is 0 Å². The lowest BCUT2D eigenvalue weighted by molar-refractivity contribution is -0.136. The molecule has 3 aliphatic heterocycles. The minimum absolute atomic E-state index is 0.132. The molecular weight excluding hydrogens is 538 g/mol. The SMILES string of the molecule is C=C[C@H]1[C@H](C(=O)N2C(=O)OC[C@@H]2Cc2ccccc2)[C@@H](c2ccc(OC)c(OC)c2)O[C@H]1Cc1ccc2c(c1)OCO2. The van der Waals surface area contributed by atoms with Crippen molar-refractivity contribution in [2.75, 3.05) is 27.6 Å². The molecule has 3 aromatic rings. The van der Waals surface area contributed by atoms with Gasteiger partial charge in [-0.1, -0.05) is 48.5 Å². The molecule has 0 bridgehead atoms. The summed E-state index contributed by atoms with van der Waals surface area (Å²) in [6, 6.07) is 20.6. The standard InChI is InChI=1S/C33H33NO8/c1-4-24-27(15-21-10-12-26-29(16-21)41-19-40-26)42-31(22-11-13-25(37-2)28(17-22)38-3)30(24)32(35)34-23(18-39-33(34)36)14-20-8-6-5-7-9-20/h4-13,16-17,23-24,27,30-31H,1,14-15,18-19H2,2-3H3/t23-,24+,27-,30-,31+/m0/s1. The number of hydrogen-bond acceptors (Lipinski definition) is 8. The molecule has 0 aliphatic carbocycles. The Hall–Kier alpha value is -4.50. The van der Waals surface area contributed by atoms with E-state index in [1.165, 1.54) is 4.90 Å². The average molecular weight is 572 g/mol. The number of carbonyl (C=O) groups excluding carboxylic acids is 2. The zero-order chi connectivity index (χ0) is 29.2. The molecule has 42 heavy (non-hydrogen) atoms. The molecule has 3 aliphatic rings. The molecule has 0 unspecified atom stereocenters. The first kappa shape index (κ1) is 27.7. The van der Waals surface area contributed by atoms with Gasteiger partial charge in [0.25, 0.3) is 0 Å². The van der Waals surface area contributed by atoms with Crippen LogP contribution in [0.1, 0.15) is 22.8 Å². The Labute approximate surface area is 244 Å². The van der Waals surface area contributed by atoms with Crippen LogP contribution in [0.25, 0.3) is 0 Å². The lowest BCUT2D eigenvalue weighted by atomic mass is 9.81. The van der Waals surface area contributed by atoms with Crippen molar-refractivity contribution in [2.45, 2.75) is 31.1 Å². The van der Waals surface area contributed by atoms with Crippen LogP contribution in [0.3, 0.4) is 0 Å². The zero-order valence-corrected chi connectivity index (χ0v) is 23.6. The number of nitrogens with zero attached hydrogens (tertiary/aromatic N) is 1. The fourth-order valence-electron chi connectivity index (χ4n) is 6.12. The van der Waals surface area contributed by atoms with Crippen LogP contribution in [0, 0.1) is 11.8 Å². The molecule has 2 saturated heterocycles. The molecular formula is C33H33NO8. The van der Waals surface area contributed by atoms with Crippen molar-refractivity contribution in [1.82, 2.24) is 4.90 Å². The number of carbonyl (C=O) groups is 2. The van der Waals surface area contributed by atoms with E-state index in [9.17, 15) is 9.59 Å². The Balaban J connectivity index is 1.35. The van der Waals surface area contributed by atoms with Crippen molar-refractivity contribution < 1.29 is 38.0 Å². The van der Waals surface area contributed by atoms with Crippen molar-refractivity contribution in [3.63, 3.8) is 0 Å². The normalized spacial score (nSPS) is 24.4. The molecule has 6 rings (SSSR count). The topological polar surface area (TPSA) is 92.8 Å². The zero-order valence-electron chi connectivity index (χ0n) is 23.6. The highest BCUT2D eigenvalue weighted by molar-refractivity contribution is 5.95. The Kier molecular flexibility index (Phi) is 7.75. The highest BCUT2D eigenvalue weighted by Crippen LogP contribution is 2.47. The van der Waals surface area contributed by atoms with Crippen molar-refractivity contribution in [2.24, 2.45) is 11.8 Å². The van der Waals surface area contributed by atoms with Crippen molar-refractivity contribution >= 4 is 12.0 Å². The van der Waals surface area contributed by atoms with Gasteiger partial charge in [0.15, 0.2) is 23.0 Å². The van der Waals surface area contributed by atoms with Gasteiger partial charge in [0, 0.05) is 5.92 Å². The van der Waals surface area contributed by atoms with Crippen molar-refractivity contribution in [3.05, 3.63) is 96.1 Å². The van der Waals surface area contributed by atoms with Gasteiger partial charge in [-0.05, 0) is 53.8 Å². The second-order valence-corrected chi connectivity index (χ2v) is 10.6. The fraction of sp³-hybridized carbons (Fsp3) is 0.333. The minimum atomic E-state index is -0.733. The molecule has 0 aromatic heterocycles. The number of ether oxygens (including phenoxy) is 6. The molecule has 3 aromatic carbocycles. The fourth-order valence-corrected chi connectivity index (χ4v) is 6.12. The monoisotopic (exact) mass is 571 g/mol. The van der Waals surface area contributed by atoms with Crippen LogP contribution in [-0.2, 0) is 27.1 Å². The molecule has 9 heteroatoms. The summed E-state index contributed by atoms with van der Waals surface area (Å²) in [4.78, 5) is 28.7. The van der Waals surface area contributed by atoms with E-state index >= 15 is 0 Å².